The molecule has 0 aromatic rings. The van der Waals surface area contributed by atoms with Gasteiger partial charge in [0, 0.05) is 46.1 Å². The highest BCUT2D eigenvalue weighted by Gasteiger charge is 2.62. The molecule has 0 aromatic heterocycles. The van der Waals surface area contributed by atoms with Crippen LogP contribution in [0.2, 0.25) is 0 Å². The number of hydrogen-bond donors (Lipinski definition) is 0. The van der Waals surface area contributed by atoms with E-state index in [9.17, 15) is 13.2 Å². The topological polar surface area (TPSA) is 73.3 Å². The average Bonchev–Trinajstić information content (AvgIpc) is 3.07. The summed E-state index contributed by atoms with van der Waals surface area (Å²) in [6.45, 7) is 3.77. The summed E-state index contributed by atoms with van der Waals surface area (Å²) < 4.78 is 27.8. The zero-order chi connectivity index (χ0) is 18.0. The molecule has 0 radical (unpaired) electrons. The summed E-state index contributed by atoms with van der Waals surface area (Å²) in [7, 11) is -0.310. The zero-order valence-corrected chi connectivity index (χ0v) is 16.1. The normalized spacial score (nSPS) is 35.9. The van der Waals surface area contributed by atoms with Gasteiger partial charge in [0.25, 0.3) is 16.1 Å². The molecular weight excluding hydrogens is 340 g/mol. The standard InChI is InChI=1S/C17H28N4O3S/c1-4-15-18-17(16(22)21(15)9-12-5-6-12)8-7-13-10-20(11-14(13)17)25(23,24)19(2)3/h12-14H,4-11H2,1-3H3/t13-,14+,17-/m0/s1. The molecule has 0 aromatic carbocycles. The van der Waals surface area contributed by atoms with E-state index < -0.39 is 15.7 Å². The second-order valence-electron chi connectivity index (χ2n) is 8.18. The van der Waals surface area contributed by atoms with Gasteiger partial charge in [0.2, 0.25) is 0 Å². The predicted octanol–water partition coefficient (Wildman–Crippen LogP) is 0.934. The molecule has 1 spiro atoms. The molecule has 8 heteroatoms. The van der Waals surface area contributed by atoms with E-state index in [1.54, 1.807) is 18.4 Å². The molecule has 0 N–H and O–H groups in total. The van der Waals surface area contributed by atoms with Crippen LogP contribution in [0.25, 0.3) is 0 Å². The molecule has 4 aliphatic rings. The molecule has 0 bridgehead atoms. The van der Waals surface area contributed by atoms with Crippen LogP contribution in [0.15, 0.2) is 4.99 Å². The van der Waals surface area contributed by atoms with Gasteiger partial charge in [0.05, 0.1) is 0 Å². The highest BCUT2D eigenvalue weighted by molar-refractivity contribution is 7.86. The Labute approximate surface area is 150 Å². The monoisotopic (exact) mass is 368 g/mol. The van der Waals surface area contributed by atoms with Crippen molar-refractivity contribution in [3.8, 4) is 0 Å². The van der Waals surface area contributed by atoms with E-state index in [0.29, 0.717) is 19.0 Å². The zero-order valence-electron chi connectivity index (χ0n) is 15.3. The van der Waals surface area contributed by atoms with Crippen LogP contribution < -0.4 is 0 Å². The lowest BCUT2D eigenvalue weighted by Crippen LogP contribution is -2.48. The quantitative estimate of drug-likeness (QED) is 0.725. The maximum absolute atomic E-state index is 13.3. The molecule has 1 amide bonds. The summed E-state index contributed by atoms with van der Waals surface area (Å²) in [6, 6.07) is 0. The lowest BCUT2D eigenvalue weighted by molar-refractivity contribution is -0.132. The minimum absolute atomic E-state index is 0.0143. The fraction of sp³-hybridized carbons (Fsp3) is 0.882. The van der Waals surface area contributed by atoms with Crippen molar-refractivity contribution in [2.45, 2.75) is 44.6 Å². The smallest absolute Gasteiger partial charge is 0.281 e. The molecule has 2 aliphatic heterocycles. The van der Waals surface area contributed by atoms with Gasteiger partial charge < -0.3 is 0 Å². The highest BCUT2D eigenvalue weighted by atomic mass is 32.2. The van der Waals surface area contributed by atoms with Crippen LogP contribution in [0.4, 0.5) is 0 Å². The number of amides is 1. The van der Waals surface area contributed by atoms with Crippen molar-refractivity contribution < 1.29 is 13.2 Å². The van der Waals surface area contributed by atoms with Crippen LogP contribution in [-0.2, 0) is 15.0 Å². The first kappa shape index (κ1) is 17.4. The van der Waals surface area contributed by atoms with E-state index in [2.05, 4.69) is 6.92 Å². The molecule has 3 fully saturated rings. The van der Waals surface area contributed by atoms with Gasteiger partial charge in [0.15, 0.2) is 0 Å². The van der Waals surface area contributed by atoms with Crippen molar-refractivity contribution in [3.63, 3.8) is 0 Å². The Morgan fingerprint density at radius 2 is 1.96 bits per heavy atom. The summed E-state index contributed by atoms with van der Waals surface area (Å²) in [5.74, 6) is 1.92. The van der Waals surface area contributed by atoms with Crippen LogP contribution in [-0.4, -0.2) is 72.9 Å². The molecule has 1 saturated heterocycles. The van der Waals surface area contributed by atoms with Gasteiger partial charge in [-0.3, -0.25) is 14.7 Å². The number of carbonyl (C=O) groups excluding carboxylic acids is 1. The molecule has 25 heavy (non-hydrogen) atoms. The Bertz CT molecular complexity index is 715. The predicted molar refractivity (Wildman–Crippen MR) is 95.3 cm³/mol. The second-order valence-corrected chi connectivity index (χ2v) is 10.3. The van der Waals surface area contributed by atoms with E-state index >= 15 is 0 Å². The summed E-state index contributed by atoms with van der Waals surface area (Å²) in [5.41, 5.74) is -0.707. The number of amidine groups is 1. The SMILES string of the molecule is CCC1=N[C@]2(CC[C@H]3CN(S(=O)(=O)N(C)C)C[C@H]32)C(=O)N1CC1CC1. The third kappa shape index (κ3) is 2.56. The van der Waals surface area contributed by atoms with E-state index in [4.69, 9.17) is 4.99 Å². The number of fused-ring (bicyclic) bond motifs is 2. The third-order valence-electron chi connectivity index (χ3n) is 6.41. The lowest BCUT2D eigenvalue weighted by Gasteiger charge is -2.28. The summed E-state index contributed by atoms with van der Waals surface area (Å²) in [6.07, 6.45) is 4.82. The van der Waals surface area contributed by atoms with Gasteiger partial charge in [-0.1, -0.05) is 6.92 Å². The fourth-order valence-corrected chi connectivity index (χ4v) is 5.98. The van der Waals surface area contributed by atoms with Crippen molar-refractivity contribution in [1.29, 1.82) is 0 Å². The van der Waals surface area contributed by atoms with Crippen LogP contribution in [0.5, 0.6) is 0 Å². The first-order valence-electron chi connectivity index (χ1n) is 9.38. The summed E-state index contributed by atoms with van der Waals surface area (Å²) >= 11 is 0. The third-order valence-corrected chi connectivity index (χ3v) is 8.29. The minimum Gasteiger partial charge on any atom is -0.298 e. The van der Waals surface area contributed by atoms with Crippen molar-refractivity contribution >= 4 is 22.0 Å². The van der Waals surface area contributed by atoms with Gasteiger partial charge >= 0.3 is 0 Å². The Balaban J connectivity index is 1.61. The number of hydrogen-bond acceptors (Lipinski definition) is 4. The fourth-order valence-electron chi connectivity index (χ4n) is 4.79. The molecule has 7 nitrogen and oxygen atoms in total. The Kier molecular flexibility index (Phi) is 4.01. The van der Waals surface area contributed by atoms with Crippen LogP contribution in [0, 0.1) is 17.8 Å². The number of nitrogens with zero attached hydrogens (tertiary/aromatic N) is 4. The first-order chi connectivity index (χ1) is 11.8. The lowest BCUT2D eigenvalue weighted by atomic mass is 9.85. The first-order valence-corrected chi connectivity index (χ1v) is 10.8. The van der Waals surface area contributed by atoms with Gasteiger partial charge in [-0.15, -0.1) is 0 Å². The Hall–Kier alpha value is -0.990. The van der Waals surface area contributed by atoms with Crippen LogP contribution in [0.1, 0.15) is 39.0 Å². The average molecular weight is 369 g/mol. The van der Waals surface area contributed by atoms with Gasteiger partial charge in [0.1, 0.15) is 11.4 Å². The summed E-state index contributed by atoms with van der Waals surface area (Å²) in [4.78, 5) is 20.2. The van der Waals surface area contributed by atoms with E-state index in [1.165, 1.54) is 17.1 Å². The van der Waals surface area contributed by atoms with E-state index in [1.807, 2.05) is 4.90 Å². The molecule has 3 atom stereocenters. The van der Waals surface area contributed by atoms with Gasteiger partial charge in [-0.25, -0.2) is 0 Å². The minimum atomic E-state index is -3.43. The summed E-state index contributed by atoms with van der Waals surface area (Å²) in [5, 5.41) is 0. The maximum atomic E-state index is 13.3. The maximum Gasteiger partial charge on any atom is 0.281 e. The number of carbonyl (C=O) groups is 1. The van der Waals surface area contributed by atoms with Crippen molar-refractivity contribution in [2.24, 2.45) is 22.7 Å². The number of rotatable bonds is 5. The van der Waals surface area contributed by atoms with E-state index in [0.717, 1.165) is 31.6 Å². The van der Waals surface area contributed by atoms with Gasteiger partial charge in [-0.05, 0) is 37.5 Å². The molecule has 140 valence electrons. The molecule has 0 unspecified atom stereocenters. The van der Waals surface area contributed by atoms with Crippen molar-refractivity contribution in [3.05, 3.63) is 0 Å². The Morgan fingerprint density at radius 1 is 1.24 bits per heavy atom. The molecule has 4 rings (SSSR count). The Morgan fingerprint density at radius 3 is 2.56 bits per heavy atom. The highest BCUT2D eigenvalue weighted by Crippen LogP contribution is 2.51. The van der Waals surface area contributed by atoms with Crippen molar-refractivity contribution in [1.82, 2.24) is 13.5 Å². The largest absolute Gasteiger partial charge is 0.298 e. The number of aliphatic imine (C=N–C) groups is 1. The van der Waals surface area contributed by atoms with E-state index in [-0.39, 0.29) is 17.7 Å². The van der Waals surface area contributed by atoms with Crippen LogP contribution >= 0.6 is 0 Å². The van der Waals surface area contributed by atoms with Gasteiger partial charge in [-0.2, -0.15) is 17.0 Å². The molecular formula is C17H28N4O3S. The second kappa shape index (κ2) is 5.76. The molecule has 2 saturated carbocycles. The molecule has 2 heterocycles. The van der Waals surface area contributed by atoms with Crippen molar-refractivity contribution in [2.75, 3.05) is 33.7 Å². The molecule has 2 aliphatic carbocycles. The van der Waals surface area contributed by atoms with Crippen LogP contribution in [0.3, 0.4) is 0 Å².